The molecule has 2 saturated heterocycles. The number of amides is 1. The Labute approximate surface area is 248 Å². The second-order valence-electron chi connectivity index (χ2n) is 11.7. The van der Waals surface area contributed by atoms with Gasteiger partial charge in [0.05, 0.1) is 17.2 Å². The Hall–Kier alpha value is -3.24. The minimum absolute atomic E-state index is 0.0419. The van der Waals surface area contributed by atoms with Gasteiger partial charge in [0.15, 0.2) is 6.61 Å². The molecule has 0 bridgehead atoms. The lowest BCUT2D eigenvalue weighted by Gasteiger charge is -2.57. The number of anilines is 1. The fourth-order valence-electron chi connectivity index (χ4n) is 6.86. The first-order valence-electron chi connectivity index (χ1n) is 14.7. The zero-order chi connectivity index (χ0) is 29.6. The van der Waals surface area contributed by atoms with E-state index >= 15 is 0 Å². The normalized spacial score (nSPS) is 23.0. The van der Waals surface area contributed by atoms with Crippen LogP contribution in [0.4, 0.5) is 5.69 Å². The van der Waals surface area contributed by atoms with Crippen LogP contribution in [0.1, 0.15) is 41.0 Å². The van der Waals surface area contributed by atoms with Crippen LogP contribution in [0.15, 0.2) is 59.5 Å². The zero-order valence-corrected chi connectivity index (χ0v) is 25.5. The van der Waals surface area contributed by atoms with Crippen molar-refractivity contribution in [1.29, 1.82) is 0 Å². The number of carbonyl (C=O) groups is 1. The van der Waals surface area contributed by atoms with E-state index in [1.807, 2.05) is 0 Å². The standard InChI is InChI=1S/C33H39N3O5S/c1-21-8-7-9-26(23(21)3)24-10-12-25(13-11-24)33-28-18-35(14-5-6-15-36(28)29(33)19-40-4)42(38,39)31-17-30-27(16-22(31)2)34-32(37)20-41-30/h7-13,16-17,28-29,33H,5-6,14-15,18-20H2,1-4H3,(H,34,37)/t28-,29+,33-/m0/s1. The molecule has 6 rings (SSSR count). The number of nitrogens with one attached hydrogen (secondary N) is 1. The first-order chi connectivity index (χ1) is 20.2. The summed E-state index contributed by atoms with van der Waals surface area (Å²) in [6.45, 7) is 8.33. The molecule has 3 aromatic carbocycles. The summed E-state index contributed by atoms with van der Waals surface area (Å²) in [5.41, 5.74) is 7.27. The summed E-state index contributed by atoms with van der Waals surface area (Å²) in [5, 5.41) is 2.77. The molecule has 9 heteroatoms. The monoisotopic (exact) mass is 589 g/mol. The molecule has 0 aromatic heterocycles. The molecule has 3 atom stereocenters. The van der Waals surface area contributed by atoms with Crippen molar-refractivity contribution in [2.75, 3.05) is 45.3 Å². The number of benzene rings is 3. The summed E-state index contributed by atoms with van der Waals surface area (Å²) < 4.78 is 41.2. The van der Waals surface area contributed by atoms with Gasteiger partial charge in [0.25, 0.3) is 5.91 Å². The Balaban J connectivity index is 1.30. The molecule has 8 nitrogen and oxygen atoms in total. The number of ether oxygens (including phenoxy) is 2. The van der Waals surface area contributed by atoms with Gasteiger partial charge >= 0.3 is 0 Å². The van der Waals surface area contributed by atoms with Crippen LogP contribution in [-0.2, 0) is 19.6 Å². The van der Waals surface area contributed by atoms with Crippen LogP contribution in [0.25, 0.3) is 11.1 Å². The highest BCUT2D eigenvalue weighted by Gasteiger charge is 2.50. The van der Waals surface area contributed by atoms with Crippen LogP contribution in [0.3, 0.4) is 0 Å². The first kappa shape index (κ1) is 28.9. The minimum atomic E-state index is -3.81. The van der Waals surface area contributed by atoms with Crippen LogP contribution >= 0.6 is 0 Å². The average Bonchev–Trinajstić information content (AvgIpc) is 2.95. The van der Waals surface area contributed by atoms with E-state index in [0.29, 0.717) is 36.7 Å². The van der Waals surface area contributed by atoms with Crippen LogP contribution in [0, 0.1) is 20.8 Å². The van der Waals surface area contributed by atoms with E-state index in [2.05, 4.69) is 66.5 Å². The number of fused-ring (bicyclic) bond motifs is 2. The third-order valence-electron chi connectivity index (χ3n) is 9.22. The summed E-state index contributed by atoms with van der Waals surface area (Å²) >= 11 is 0. The van der Waals surface area contributed by atoms with Crippen molar-refractivity contribution < 1.29 is 22.7 Å². The van der Waals surface area contributed by atoms with Gasteiger partial charge < -0.3 is 14.8 Å². The van der Waals surface area contributed by atoms with E-state index in [1.54, 1.807) is 30.5 Å². The van der Waals surface area contributed by atoms with Gasteiger partial charge in [-0.1, -0.05) is 42.5 Å². The van der Waals surface area contributed by atoms with Gasteiger partial charge in [-0.3, -0.25) is 9.69 Å². The molecule has 1 amide bonds. The summed E-state index contributed by atoms with van der Waals surface area (Å²) in [6, 6.07) is 18.7. The van der Waals surface area contributed by atoms with Crippen molar-refractivity contribution in [2.24, 2.45) is 0 Å². The Morgan fingerprint density at radius 2 is 1.76 bits per heavy atom. The van der Waals surface area contributed by atoms with Gasteiger partial charge in [-0.25, -0.2) is 8.42 Å². The van der Waals surface area contributed by atoms with E-state index in [-0.39, 0.29) is 35.4 Å². The predicted molar refractivity (Wildman–Crippen MR) is 164 cm³/mol. The molecule has 3 aliphatic rings. The van der Waals surface area contributed by atoms with Crippen LogP contribution in [0.5, 0.6) is 5.75 Å². The van der Waals surface area contributed by atoms with Crippen LogP contribution in [0.2, 0.25) is 0 Å². The van der Waals surface area contributed by atoms with Crippen molar-refractivity contribution >= 4 is 21.6 Å². The fraction of sp³-hybridized carbons (Fsp3) is 0.424. The first-order valence-corrected chi connectivity index (χ1v) is 16.1. The van der Waals surface area contributed by atoms with E-state index in [1.165, 1.54) is 27.8 Å². The number of sulfonamides is 1. The Kier molecular flexibility index (Phi) is 7.87. The lowest BCUT2D eigenvalue weighted by Crippen LogP contribution is -2.68. The Morgan fingerprint density at radius 3 is 2.52 bits per heavy atom. The lowest BCUT2D eigenvalue weighted by molar-refractivity contribution is -0.118. The third kappa shape index (κ3) is 5.13. The molecule has 1 N–H and O–H groups in total. The zero-order valence-electron chi connectivity index (χ0n) is 24.7. The van der Waals surface area contributed by atoms with E-state index < -0.39 is 10.0 Å². The van der Waals surface area contributed by atoms with Crippen molar-refractivity contribution in [2.45, 2.75) is 56.5 Å². The Morgan fingerprint density at radius 1 is 1.00 bits per heavy atom. The van der Waals surface area contributed by atoms with Gasteiger partial charge in [0, 0.05) is 44.3 Å². The van der Waals surface area contributed by atoms with Crippen molar-refractivity contribution in [1.82, 2.24) is 9.21 Å². The summed E-state index contributed by atoms with van der Waals surface area (Å²) in [5.74, 6) is 0.291. The number of rotatable bonds is 6. The van der Waals surface area contributed by atoms with Crippen molar-refractivity contribution in [3.8, 4) is 16.9 Å². The molecular weight excluding hydrogens is 550 g/mol. The van der Waals surface area contributed by atoms with E-state index in [4.69, 9.17) is 9.47 Å². The molecule has 0 aliphatic carbocycles. The topological polar surface area (TPSA) is 88.2 Å². The molecule has 3 aromatic rings. The fourth-order valence-corrected chi connectivity index (χ4v) is 8.58. The molecule has 222 valence electrons. The third-order valence-corrected chi connectivity index (χ3v) is 11.2. The van der Waals surface area contributed by atoms with Gasteiger partial charge in [-0.05, 0) is 79.6 Å². The molecule has 42 heavy (non-hydrogen) atoms. The van der Waals surface area contributed by atoms with Gasteiger partial charge in [-0.15, -0.1) is 0 Å². The van der Waals surface area contributed by atoms with E-state index in [0.717, 1.165) is 19.4 Å². The highest BCUT2D eigenvalue weighted by molar-refractivity contribution is 7.89. The number of hydrogen-bond acceptors (Lipinski definition) is 6. The number of hydrogen-bond donors (Lipinski definition) is 1. The number of carbonyl (C=O) groups excluding carboxylic acids is 1. The van der Waals surface area contributed by atoms with Gasteiger partial charge in [-0.2, -0.15) is 4.31 Å². The van der Waals surface area contributed by atoms with Crippen LogP contribution < -0.4 is 10.1 Å². The highest BCUT2D eigenvalue weighted by atomic mass is 32.2. The molecule has 0 radical (unpaired) electrons. The summed E-state index contributed by atoms with van der Waals surface area (Å²) in [4.78, 5) is 14.4. The molecule has 0 unspecified atom stereocenters. The maximum atomic E-state index is 14.2. The van der Waals surface area contributed by atoms with E-state index in [9.17, 15) is 13.2 Å². The molecule has 0 spiro atoms. The molecule has 3 heterocycles. The van der Waals surface area contributed by atoms with Gasteiger partial charge in [0.1, 0.15) is 5.75 Å². The summed E-state index contributed by atoms with van der Waals surface area (Å²) in [6.07, 6.45) is 1.70. The van der Waals surface area contributed by atoms with Gasteiger partial charge in [0.2, 0.25) is 10.0 Å². The number of aryl methyl sites for hydroxylation is 2. The van der Waals surface area contributed by atoms with Crippen LogP contribution in [-0.4, -0.2) is 75.6 Å². The van der Waals surface area contributed by atoms with Crippen molar-refractivity contribution in [3.05, 3.63) is 76.9 Å². The number of methoxy groups -OCH3 is 1. The maximum absolute atomic E-state index is 14.2. The molecule has 3 aliphatic heterocycles. The highest BCUT2D eigenvalue weighted by Crippen LogP contribution is 2.44. The Bertz CT molecular complexity index is 1600. The van der Waals surface area contributed by atoms with Crippen molar-refractivity contribution in [3.63, 3.8) is 0 Å². The molecular formula is C33H39N3O5S. The molecule has 0 saturated carbocycles. The second kappa shape index (κ2) is 11.4. The largest absolute Gasteiger partial charge is 0.482 e. The second-order valence-corrected chi connectivity index (χ2v) is 13.7. The minimum Gasteiger partial charge on any atom is -0.482 e. The maximum Gasteiger partial charge on any atom is 0.262 e. The summed E-state index contributed by atoms with van der Waals surface area (Å²) in [7, 11) is -2.07. The average molecular weight is 590 g/mol. The quantitative estimate of drug-likeness (QED) is 0.441. The molecule has 2 fully saturated rings. The smallest absolute Gasteiger partial charge is 0.262 e. The SMILES string of the molecule is COC[C@@H]1[C@@H](c2ccc(-c3cccc(C)c3C)cc2)[C@@H]2CN(S(=O)(=O)c3cc4c(cc3C)NC(=O)CO4)CCCCN12. The number of nitrogens with zero attached hydrogens (tertiary/aromatic N) is 2. The predicted octanol–water partition coefficient (Wildman–Crippen LogP) is 4.88. The lowest BCUT2D eigenvalue weighted by atomic mass is 9.74.